The van der Waals surface area contributed by atoms with Gasteiger partial charge in [-0.05, 0) is 35.1 Å². The number of benzene rings is 2. The molecule has 1 saturated carbocycles. The number of amides is 2. The zero-order valence-electron chi connectivity index (χ0n) is 18.1. The molecule has 172 valence electrons. The number of rotatable bonds is 5. The third-order valence-electron chi connectivity index (χ3n) is 6.81. The molecule has 1 saturated heterocycles. The van der Waals surface area contributed by atoms with Crippen LogP contribution in [0.4, 0.5) is 4.79 Å². The van der Waals surface area contributed by atoms with Crippen LogP contribution in [0.2, 0.25) is 0 Å². The van der Waals surface area contributed by atoms with Crippen molar-refractivity contribution in [3.8, 4) is 11.1 Å². The number of aliphatic carboxylic acids is 1. The van der Waals surface area contributed by atoms with E-state index in [0.717, 1.165) is 0 Å². The SMILES string of the molecule is O=C(NC1CC(C(=O)N2CCSC(C(=O)O)C2)C1)OCC1c2ccccc2-c2ccccc21. The molecule has 2 aromatic carbocycles. The number of carboxylic acid groups (broad SMARTS) is 1. The van der Waals surface area contributed by atoms with Gasteiger partial charge in [-0.3, -0.25) is 9.59 Å². The lowest BCUT2D eigenvalue weighted by atomic mass is 9.79. The van der Waals surface area contributed by atoms with E-state index in [2.05, 4.69) is 29.6 Å². The predicted molar refractivity (Wildman–Crippen MR) is 125 cm³/mol. The topological polar surface area (TPSA) is 95.9 Å². The molecule has 33 heavy (non-hydrogen) atoms. The zero-order valence-corrected chi connectivity index (χ0v) is 18.9. The summed E-state index contributed by atoms with van der Waals surface area (Å²) in [6.07, 6.45) is 0.655. The van der Waals surface area contributed by atoms with Crippen LogP contribution in [-0.4, -0.2) is 64.7 Å². The molecule has 7 nitrogen and oxygen atoms in total. The Morgan fingerprint density at radius 2 is 1.67 bits per heavy atom. The maximum absolute atomic E-state index is 12.7. The van der Waals surface area contributed by atoms with Gasteiger partial charge in [-0.25, -0.2) is 4.79 Å². The van der Waals surface area contributed by atoms with Crippen LogP contribution in [-0.2, 0) is 14.3 Å². The number of carbonyl (C=O) groups is 3. The number of carbonyl (C=O) groups excluding carboxylic acids is 2. The van der Waals surface area contributed by atoms with E-state index in [1.54, 1.807) is 4.90 Å². The van der Waals surface area contributed by atoms with Gasteiger partial charge in [-0.2, -0.15) is 0 Å². The van der Waals surface area contributed by atoms with Gasteiger partial charge in [0.2, 0.25) is 5.91 Å². The Kier molecular flexibility index (Phi) is 6.01. The van der Waals surface area contributed by atoms with Crippen LogP contribution >= 0.6 is 11.8 Å². The fourth-order valence-electron chi connectivity index (χ4n) is 5.00. The Morgan fingerprint density at radius 1 is 1.03 bits per heavy atom. The van der Waals surface area contributed by atoms with Gasteiger partial charge >= 0.3 is 12.1 Å². The number of carboxylic acids is 1. The number of nitrogens with zero attached hydrogens (tertiary/aromatic N) is 1. The van der Waals surface area contributed by atoms with E-state index in [1.807, 2.05) is 24.3 Å². The third kappa shape index (κ3) is 4.31. The highest BCUT2D eigenvalue weighted by molar-refractivity contribution is 8.00. The minimum atomic E-state index is -0.874. The number of alkyl carbamates (subject to hydrolysis) is 1. The molecule has 2 N–H and O–H groups in total. The van der Waals surface area contributed by atoms with Gasteiger partial charge in [-0.15, -0.1) is 11.8 Å². The number of hydrogen-bond acceptors (Lipinski definition) is 5. The maximum Gasteiger partial charge on any atom is 0.407 e. The van der Waals surface area contributed by atoms with E-state index < -0.39 is 17.3 Å². The molecule has 0 spiro atoms. The molecule has 3 aliphatic rings. The summed E-state index contributed by atoms with van der Waals surface area (Å²) in [5, 5.41) is 11.5. The molecule has 0 radical (unpaired) electrons. The van der Waals surface area contributed by atoms with E-state index in [-0.39, 0.29) is 36.9 Å². The predicted octanol–water partition coefficient (Wildman–Crippen LogP) is 3.33. The molecule has 2 fully saturated rings. The molecule has 1 aliphatic heterocycles. The van der Waals surface area contributed by atoms with Crippen LogP contribution < -0.4 is 5.32 Å². The van der Waals surface area contributed by atoms with Gasteiger partial charge in [0.1, 0.15) is 11.9 Å². The van der Waals surface area contributed by atoms with Crippen LogP contribution in [0.25, 0.3) is 11.1 Å². The molecule has 2 aromatic rings. The summed E-state index contributed by atoms with van der Waals surface area (Å²) in [7, 11) is 0. The molecule has 2 amide bonds. The summed E-state index contributed by atoms with van der Waals surface area (Å²) in [4.78, 5) is 38.0. The number of nitrogens with one attached hydrogen (secondary N) is 1. The molecule has 5 rings (SSSR count). The average Bonchev–Trinajstić information content (AvgIpc) is 3.13. The lowest BCUT2D eigenvalue weighted by Crippen LogP contribution is -2.53. The van der Waals surface area contributed by atoms with Crippen LogP contribution in [0.1, 0.15) is 29.9 Å². The number of ether oxygens (including phenoxy) is 1. The fourth-order valence-corrected chi connectivity index (χ4v) is 6.04. The third-order valence-corrected chi connectivity index (χ3v) is 7.98. The van der Waals surface area contributed by atoms with Gasteiger partial charge in [0.15, 0.2) is 0 Å². The van der Waals surface area contributed by atoms with Crippen molar-refractivity contribution in [2.24, 2.45) is 5.92 Å². The Bertz CT molecular complexity index is 1040. The summed E-state index contributed by atoms with van der Waals surface area (Å²) >= 11 is 1.38. The van der Waals surface area contributed by atoms with E-state index in [9.17, 15) is 19.5 Å². The molecule has 8 heteroatoms. The smallest absolute Gasteiger partial charge is 0.407 e. The van der Waals surface area contributed by atoms with Gasteiger partial charge < -0.3 is 20.1 Å². The summed E-state index contributed by atoms with van der Waals surface area (Å²) in [5.41, 5.74) is 4.70. The van der Waals surface area contributed by atoms with Crippen LogP contribution in [0, 0.1) is 5.92 Å². The van der Waals surface area contributed by atoms with Crippen LogP contribution in [0.15, 0.2) is 48.5 Å². The minimum absolute atomic E-state index is 0.00728. The second-order valence-electron chi connectivity index (χ2n) is 8.82. The summed E-state index contributed by atoms with van der Waals surface area (Å²) < 4.78 is 5.59. The van der Waals surface area contributed by atoms with Crippen LogP contribution in [0.3, 0.4) is 0 Å². The highest BCUT2D eigenvalue weighted by Crippen LogP contribution is 2.44. The maximum atomic E-state index is 12.7. The Hall–Kier alpha value is -3.00. The first kappa shape index (κ1) is 21.8. The first-order valence-electron chi connectivity index (χ1n) is 11.3. The first-order chi connectivity index (χ1) is 16.0. The van der Waals surface area contributed by atoms with Gasteiger partial charge in [-0.1, -0.05) is 48.5 Å². The van der Waals surface area contributed by atoms with Crippen molar-refractivity contribution in [1.29, 1.82) is 0 Å². The van der Waals surface area contributed by atoms with E-state index in [4.69, 9.17) is 4.74 Å². The van der Waals surface area contributed by atoms with Gasteiger partial charge in [0.05, 0.1) is 0 Å². The molecular weight excluding hydrogens is 440 g/mol. The molecule has 1 heterocycles. The molecular formula is C25H26N2O5S. The zero-order chi connectivity index (χ0) is 22.9. The van der Waals surface area contributed by atoms with Crippen LogP contribution in [0.5, 0.6) is 0 Å². The number of hydrogen-bond donors (Lipinski definition) is 2. The average molecular weight is 467 g/mol. The first-order valence-corrected chi connectivity index (χ1v) is 12.3. The monoisotopic (exact) mass is 466 g/mol. The van der Waals surface area contributed by atoms with Crippen molar-refractivity contribution in [3.63, 3.8) is 0 Å². The second-order valence-corrected chi connectivity index (χ2v) is 10.1. The lowest BCUT2D eigenvalue weighted by molar-refractivity contribution is -0.141. The Balaban J connectivity index is 1.11. The highest BCUT2D eigenvalue weighted by Gasteiger charge is 2.40. The molecule has 0 aromatic heterocycles. The second kappa shape index (κ2) is 9.09. The van der Waals surface area contributed by atoms with Gasteiger partial charge in [0, 0.05) is 36.7 Å². The Labute approximate surface area is 196 Å². The summed E-state index contributed by atoms with van der Waals surface area (Å²) in [6, 6.07) is 16.3. The number of thioether (sulfide) groups is 1. The Morgan fingerprint density at radius 3 is 2.30 bits per heavy atom. The van der Waals surface area contributed by atoms with E-state index >= 15 is 0 Å². The standard InChI is InChI=1S/C25H26N2O5S/c28-23(27-9-10-33-22(13-27)24(29)30)15-11-16(12-15)26-25(31)32-14-21-19-7-3-1-5-17(19)18-6-2-4-8-20(18)21/h1-8,15-16,21-22H,9-14H2,(H,26,31)(H,29,30). The van der Waals surface area contributed by atoms with Crippen molar-refractivity contribution < 1.29 is 24.2 Å². The molecule has 0 bridgehead atoms. The lowest BCUT2D eigenvalue weighted by Gasteiger charge is -2.39. The van der Waals surface area contributed by atoms with E-state index in [0.29, 0.717) is 25.1 Å². The molecule has 1 atom stereocenters. The van der Waals surface area contributed by atoms with Crippen molar-refractivity contribution in [3.05, 3.63) is 59.7 Å². The largest absolute Gasteiger partial charge is 0.480 e. The minimum Gasteiger partial charge on any atom is -0.480 e. The van der Waals surface area contributed by atoms with Crippen molar-refractivity contribution >= 4 is 29.7 Å². The molecule has 2 aliphatic carbocycles. The van der Waals surface area contributed by atoms with Gasteiger partial charge in [0.25, 0.3) is 0 Å². The molecule has 1 unspecified atom stereocenters. The van der Waals surface area contributed by atoms with Crippen molar-refractivity contribution in [1.82, 2.24) is 10.2 Å². The van der Waals surface area contributed by atoms with E-state index in [1.165, 1.54) is 34.0 Å². The van der Waals surface area contributed by atoms with Crippen molar-refractivity contribution in [2.75, 3.05) is 25.4 Å². The summed E-state index contributed by atoms with van der Waals surface area (Å²) in [6.45, 7) is 1.09. The number of fused-ring (bicyclic) bond motifs is 3. The fraction of sp³-hybridized carbons (Fsp3) is 0.400. The normalized spacial score (nSPS) is 23.8. The quantitative estimate of drug-likeness (QED) is 0.702. The summed E-state index contributed by atoms with van der Waals surface area (Å²) in [5.74, 6) is -0.399. The highest BCUT2D eigenvalue weighted by atomic mass is 32.2. The van der Waals surface area contributed by atoms with Crippen molar-refractivity contribution in [2.45, 2.75) is 30.1 Å².